The minimum Gasteiger partial charge on any atom is -0.468 e. The summed E-state index contributed by atoms with van der Waals surface area (Å²) in [6.07, 6.45) is 4.53. The molecule has 104 valence electrons. The molecule has 4 heteroatoms. The fourth-order valence-electron chi connectivity index (χ4n) is 2.59. The lowest BCUT2D eigenvalue weighted by Gasteiger charge is -2.21. The van der Waals surface area contributed by atoms with Gasteiger partial charge in [0.2, 0.25) is 0 Å². The highest BCUT2D eigenvalue weighted by Gasteiger charge is 2.26. The molecule has 0 aliphatic heterocycles. The van der Waals surface area contributed by atoms with Gasteiger partial charge in [0, 0.05) is 6.04 Å². The van der Waals surface area contributed by atoms with Gasteiger partial charge in [0.25, 0.3) is 0 Å². The lowest BCUT2D eigenvalue weighted by molar-refractivity contribution is -0.143. The summed E-state index contributed by atoms with van der Waals surface area (Å²) in [6.45, 7) is 1.70. The first-order chi connectivity index (χ1) is 9.11. The van der Waals surface area contributed by atoms with Crippen molar-refractivity contribution in [3.63, 3.8) is 0 Å². The molecule has 0 saturated heterocycles. The topological polar surface area (TPSA) is 38.3 Å². The fourth-order valence-corrected chi connectivity index (χ4v) is 2.59. The second-order valence-corrected chi connectivity index (χ2v) is 5.11. The fraction of sp³-hybridized carbons (Fsp3) is 0.533. The molecule has 1 aliphatic rings. The van der Waals surface area contributed by atoms with Crippen LogP contribution in [0.25, 0.3) is 0 Å². The van der Waals surface area contributed by atoms with Crippen LogP contribution in [0.5, 0.6) is 0 Å². The molecule has 1 aromatic rings. The third-order valence-electron chi connectivity index (χ3n) is 3.71. The maximum absolute atomic E-state index is 13.3. The molecule has 1 fully saturated rings. The number of esters is 1. The first-order valence-electron chi connectivity index (χ1n) is 6.71. The Hall–Kier alpha value is -1.42. The van der Waals surface area contributed by atoms with Gasteiger partial charge in [-0.2, -0.15) is 0 Å². The highest BCUT2D eigenvalue weighted by atomic mass is 19.1. The van der Waals surface area contributed by atoms with Crippen molar-refractivity contribution in [2.75, 3.05) is 7.11 Å². The molecule has 1 unspecified atom stereocenters. The molecule has 1 saturated carbocycles. The number of halogens is 1. The van der Waals surface area contributed by atoms with Crippen molar-refractivity contribution in [2.24, 2.45) is 0 Å². The maximum atomic E-state index is 13.3. The second kappa shape index (κ2) is 6.15. The number of ether oxygens (including phenoxy) is 1. The molecular formula is C15H20FNO2. The molecule has 2 rings (SSSR count). The van der Waals surface area contributed by atoms with Crippen LogP contribution in [-0.2, 0) is 9.53 Å². The van der Waals surface area contributed by atoms with Gasteiger partial charge in [-0.25, -0.2) is 9.18 Å². The number of carbonyl (C=O) groups is 1. The number of hydrogen-bond acceptors (Lipinski definition) is 3. The average molecular weight is 265 g/mol. The van der Waals surface area contributed by atoms with Gasteiger partial charge in [-0.15, -0.1) is 0 Å². The number of methoxy groups -OCH3 is 1. The molecule has 1 aliphatic carbocycles. The van der Waals surface area contributed by atoms with E-state index in [1.54, 1.807) is 19.1 Å². The van der Waals surface area contributed by atoms with Gasteiger partial charge in [0.1, 0.15) is 11.9 Å². The Bertz CT molecular complexity index is 455. The minimum absolute atomic E-state index is 0.256. The lowest BCUT2D eigenvalue weighted by Crippen LogP contribution is -2.36. The van der Waals surface area contributed by atoms with E-state index in [-0.39, 0.29) is 11.8 Å². The Morgan fingerprint density at radius 2 is 2.11 bits per heavy atom. The van der Waals surface area contributed by atoms with E-state index < -0.39 is 6.04 Å². The molecule has 19 heavy (non-hydrogen) atoms. The Morgan fingerprint density at radius 1 is 1.42 bits per heavy atom. The largest absolute Gasteiger partial charge is 0.468 e. The molecule has 0 bridgehead atoms. The van der Waals surface area contributed by atoms with Gasteiger partial charge >= 0.3 is 5.97 Å². The predicted octanol–water partition coefficient (Wildman–Crippen LogP) is 2.88. The van der Waals surface area contributed by atoms with E-state index in [4.69, 9.17) is 4.74 Å². The highest BCUT2D eigenvalue weighted by Crippen LogP contribution is 2.24. The summed E-state index contributed by atoms with van der Waals surface area (Å²) in [4.78, 5) is 11.9. The van der Waals surface area contributed by atoms with Crippen LogP contribution >= 0.6 is 0 Å². The van der Waals surface area contributed by atoms with Gasteiger partial charge in [-0.1, -0.05) is 25.0 Å². The zero-order chi connectivity index (χ0) is 13.8. The predicted molar refractivity (Wildman–Crippen MR) is 71.3 cm³/mol. The molecular weight excluding hydrogens is 245 g/mol. The zero-order valence-corrected chi connectivity index (χ0v) is 11.4. The van der Waals surface area contributed by atoms with E-state index in [1.807, 2.05) is 0 Å². The van der Waals surface area contributed by atoms with Gasteiger partial charge in [-0.3, -0.25) is 5.32 Å². The molecule has 0 spiro atoms. The van der Waals surface area contributed by atoms with Crippen LogP contribution in [0, 0.1) is 12.7 Å². The normalized spacial score (nSPS) is 17.4. The zero-order valence-electron chi connectivity index (χ0n) is 11.4. The summed E-state index contributed by atoms with van der Waals surface area (Å²) >= 11 is 0. The smallest absolute Gasteiger partial charge is 0.327 e. The number of benzene rings is 1. The van der Waals surface area contributed by atoms with Crippen molar-refractivity contribution >= 4 is 5.97 Å². The average Bonchev–Trinajstić information content (AvgIpc) is 2.91. The first kappa shape index (κ1) is 14.0. The van der Waals surface area contributed by atoms with E-state index in [9.17, 15) is 9.18 Å². The van der Waals surface area contributed by atoms with Crippen molar-refractivity contribution in [2.45, 2.75) is 44.7 Å². The van der Waals surface area contributed by atoms with Crippen LogP contribution < -0.4 is 5.32 Å². The number of carbonyl (C=O) groups excluding carboxylic acids is 1. The molecule has 0 amide bonds. The summed E-state index contributed by atoms with van der Waals surface area (Å²) in [6, 6.07) is 4.59. The summed E-state index contributed by atoms with van der Waals surface area (Å²) < 4.78 is 18.2. The van der Waals surface area contributed by atoms with Crippen LogP contribution in [0.2, 0.25) is 0 Å². The molecule has 3 nitrogen and oxygen atoms in total. The minimum atomic E-state index is -0.507. The molecule has 0 heterocycles. The van der Waals surface area contributed by atoms with Crippen molar-refractivity contribution in [1.82, 2.24) is 5.32 Å². The molecule has 0 radical (unpaired) electrons. The molecule has 1 atom stereocenters. The Labute approximate surface area is 113 Å². The van der Waals surface area contributed by atoms with Gasteiger partial charge in [0.15, 0.2) is 0 Å². The van der Waals surface area contributed by atoms with E-state index >= 15 is 0 Å². The Balaban J connectivity index is 2.20. The SMILES string of the molecule is COC(=O)C(NC1CCCC1)c1ccc(F)c(C)c1. The third kappa shape index (κ3) is 3.32. The molecule has 1 N–H and O–H groups in total. The highest BCUT2D eigenvalue weighted by molar-refractivity contribution is 5.77. The summed E-state index contributed by atoms with van der Waals surface area (Å²) in [5.41, 5.74) is 1.30. The van der Waals surface area contributed by atoms with Gasteiger partial charge in [-0.05, 0) is 37.0 Å². The van der Waals surface area contributed by atoms with Crippen molar-refractivity contribution in [1.29, 1.82) is 0 Å². The van der Waals surface area contributed by atoms with Crippen LogP contribution in [0.4, 0.5) is 4.39 Å². The quantitative estimate of drug-likeness (QED) is 0.851. The third-order valence-corrected chi connectivity index (χ3v) is 3.71. The number of nitrogens with one attached hydrogen (secondary N) is 1. The van der Waals surface area contributed by atoms with Gasteiger partial charge in [0.05, 0.1) is 7.11 Å². The van der Waals surface area contributed by atoms with Gasteiger partial charge < -0.3 is 4.74 Å². The van der Waals surface area contributed by atoms with Crippen molar-refractivity contribution < 1.29 is 13.9 Å². The summed E-state index contributed by atoms with van der Waals surface area (Å²) in [7, 11) is 1.38. The Kier molecular flexibility index (Phi) is 4.53. The number of rotatable bonds is 4. The first-order valence-corrected chi connectivity index (χ1v) is 6.71. The van der Waals surface area contributed by atoms with Crippen LogP contribution in [-0.4, -0.2) is 19.1 Å². The van der Waals surface area contributed by atoms with Crippen molar-refractivity contribution in [3.8, 4) is 0 Å². The summed E-state index contributed by atoms with van der Waals surface area (Å²) in [5.74, 6) is -0.578. The van der Waals surface area contributed by atoms with E-state index in [2.05, 4.69) is 5.32 Å². The summed E-state index contributed by atoms with van der Waals surface area (Å²) in [5, 5.41) is 3.33. The molecule has 1 aromatic carbocycles. The number of hydrogen-bond donors (Lipinski definition) is 1. The number of aryl methyl sites for hydroxylation is 1. The lowest BCUT2D eigenvalue weighted by atomic mass is 10.0. The van der Waals surface area contributed by atoms with Crippen LogP contribution in [0.15, 0.2) is 18.2 Å². The van der Waals surface area contributed by atoms with E-state index in [0.29, 0.717) is 11.6 Å². The second-order valence-electron chi connectivity index (χ2n) is 5.11. The van der Waals surface area contributed by atoms with Crippen LogP contribution in [0.1, 0.15) is 42.9 Å². The van der Waals surface area contributed by atoms with Crippen LogP contribution in [0.3, 0.4) is 0 Å². The Morgan fingerprint density at radius 3 is 2.68 bits per heavy atom. The maximum Gasteiger partial charge on any atom is 0.327 e. The van der Waals surface area contributed by atoms with E-state index in [0.717, 1.165) is 18.4 Å². The van der Waals surface area contributed by atoms with Crippen molar-refractivity contribution in [3.05, 3.63) is 35.1 Å². The molecule has 0 aromatic heterocycles. The standard InChI is InChI=1S/C15H20FNO2/c1-10-9-11(7-8-13(10)16)14(15(18)19-2)17-12-5-3-4-6-12/h7-9,12,14,17H,3-6H2,1-2H3. The van der Waals surface area contributed by atoms with E-state index in [1.165, 1.54) is 26.0 Å². The monoisotopic (exact) mass is 265 g/mol.